The first kappa shape index (κ1) is 22.7. The van der Waals surface area contributed by atoms with Crippen LogP contribution >= 0.6 is 23.2 Å². The van der Waals surface area contributed by atoms with Crippen molar-refractivity contribution in [3.05, 3.63) is 124 Å². The SMILES string of the molecule is Cc1ccc(C2=NN(c3nc(-c4ccccc4)c4cc(Cl)ccc4n3)[C@H](c3ccc(Cl)cc3)C2)cc1. The Bertz CT molecular complexity index is 1580. The van der Waals surface area contributed by atoms with Crippen LogP contribution in [0.5, 0.6) is 0 Å². The van der Waals surface area contributed by atoms with Crippen molar-refractivity contribution in [2.24, 2.45) is 5.10 Å². The Hall–Kier alpha value is -3.73. The number of hydrogen-bond donors (Lipinski definition) is 0. The van der Waals surface area contributed by atoms with Crippen molar-refractivity contribution in [3.63, 3.8) is 0 Å². The van der Waals surface area contributed by atoms with E-state index in [0.717, 1.165) is 45.4 Å². The average Bonchev–Trinajstić information content (AvgIpc) is 3.35. The molecule has 0 radical (unpaired) electrons. The van der Waals surface area contributed by atoms with Gasteiger partial charge in [-0.25, -0.2) is 15.0 Å². The molecule has 0 spiro atoms. The Labute approximate surface area is 219 Å². The van der Waals surface area contributed by atoms with Crippen LogP contribution in [-0.4, -0.2) is 15.7 Å². The second-order valence-electron chi connectivity index (χ2n) is 8.93. The summed E-state index contributed by atoms with van der Waals surface area (Å²) in [5, 5.41) is 9.26. The van der Waals surface area contributed by atoms with Crippen LogP contribution in [0.4, 0.5) is 5.95 Å². The van der Waals surface area contributed by atoms with E-state index in [1.54, 1.807) is 0 Å². The molecule has 1 atom stereocenters. The second-order valence-corrected chi connectivity index (χ2v) is 9.80. The van der Waals surface area contributed by atoms with Gasteiger partial charge in [-0.3, -0.25) is 0 Å². The Kier molecular flexibility index (Phi) is 5.92. The minimum Gasteiger partial charge on any atom is -0.223 e. The van der Waals surface area contributed by atoms with Crippen LogP contribution < -0.4 is 5.01 Å². The van der Waals surface area contributed by atoms with E-state index in [-0.39, 0.29) is 6.04 Å². The summed E-state index contributed by atoms with van der Waals surface area (Å²) in [6.45, 7) is 2.09. The van der Waals surface area contributed by atoms with Gasteiger partial charge in [-0.05, 0) is 48.4 Å². The Morgan fingerprint density at radius 2 is 1.47 bits per heavy atom. The predicted molar refractivity (Wildman–Crippen MR) is 149 cm³/mol. The molecule has 1 aromatic heterocycles. The third kappa shape index (κ3) is 4.34. The number of aromatic nitrogens is 2. The number of benzene rings is 4. The fraction of sp³-hybridized carbons (Fsp3) is 0.100. The molecule has 176 valence electrons. The molecule has 36 heavy (non-hydrogen) atoms. The number of halogens is 2. The maximum absolute atomic E-state index is 6.36. The monoisotopic (exact) mass is 508 g/mol. The van der Waals surface area contributed by atoms with Crippen LogP contribution in [-0.2, 0) is 0 Å². The lowest BCUT2D eigenvalue weighted by Gasteiger charge is -2.23. The van der Waals surface area contributed by atoms with Gasteiger partial charge in [0.05, 0.1) is 23.0 Å². The first-order valence-electron chi connectivity index (χ1n) is 11.8. The van der Waals surface area contributed by atoms with Gasteiger partial charge >= 0.3 is 0 Å². The van der Waals surface area contributed by atoms with Crippen molar-refractivity contribution in [2.75, 3.05) is 5.01 Å². The molecule has 2 heterocycles. The van der Waals surface area contributed by atoms with Crippen molar-refractivity contribution in [3.8, 4) is 11.3 Å². The molecule has 0 N–H and O–H groups in total. The average molecular weight is 509 g/mol. The maximum Gasteiger partial charge on any atom is 0.247 e. The van der Waals surface area contributed by atoms with Crippen molar-refractivity contribution in [1.82, 2.24) is 9.97 Å². The topological polar surface area (TPSA) is 41.4 Å². The number of rotatable bonds is 4. The minimum atomic E-state index is -0.0630. The molecule has 4 aromatic carbocycles. The summed E-state index contributed by atoms with van der Waals surface area (Å²) in [4.78, 5) is 10.00. The quantitative estimate of drug-likeness (QED) is 0.245. The van der Waals surface area contributed by atoms with Crippen molar-refractivity contribution < 1.29 is 0 Å². The third-order valence-corrected chi connectivity index (χ3v) is 6.94. The highest BCUT2D eigenvalue weighted by Crippen LogP contribution is 2.38. The standard InChI is InChI=1S/C30H22Cl2N4/c1-19-7-9-20(10-8-19)27-18-28(21-11-13-23(31)14-12-21)36(35-27)30-33-26-16-15-24(32)17-25(26)29(34-30)22-5-3-2-4-6-22/h2-17,28H,18H2,1H3/t28-/m0/s1. The first-order chi connectivity index (χ1) is 17.5. The molecule has 1 aliphatic rings. The Morgan fingerprint density at radius 3 is 2.22 bits per heavy atom. The molecule has 1 aliphatic heterocycles. The largest absolute Gasteiger partial charge is 0.247 e. The van der Waals surface area contributed by atoms with Crippen molar-refractivity contribution in [1.29, 1.82) is 0 Å². The number of hydrazone groups is 1. The molecule has 6 heteroatoms. The highest BCUT2D eigenvalue weighted by atomic mass is 35.5. The highest BCUT2D eigenvalue weighted by molar-refractivity contribution is 6.31. The summed E-state index contributed by atoms with van der Waals surface area (Å²) in [5.41, 5.74) is 7.05. The molecule has 4 nitrogen and oxygen atoms in total. The van der Waals surface area contributed by atoms with Crippen LogP contribution in [0.1, 0.15) is 29.2 Å². The summed E-state index contributed by atoms with van der Waals surface area (Å²) >= 11 is 12.6. The molecule has 0 aliphatic carbocycles. The molecular weight excluding hydrogens is 487 g/mol. The normalized spacial score (nSPS) is 15.4. The number of aryl methyl sites for hydroxylation is 1. The fourth-order valence-corrected chi connectivity index (χ4v) is 4.86. The molecule has 6 rings (SSSR count). The van der Waals surface area contributed by atoms with Gasteiger partial charge < -0.3 is 0 Å². The van der Waals surface area contributed by atoms with Crippen LogP contribution in [0.3, 0.4) is 0 Å². The van der Waals surface area contributed by atoms with E-state index in [2.05, 4.69) is 31.2 Å². The van der Waals surface area contributed by atoms with Crippen LogP contribution in [0.15, 0.2) is 102 Å². The predicted octanol–water partition coefficient (Wildman–Crippen LogP) is 8.27. The van der Waals surface area contributed by atoms with Gasteiger partial charge in [0.1, 0.15) is 0 Å². The summed E-state index contributed by atoms with van der Waals surface area (Å²) in [7, 11) is 0. The maximum atomic E-state index is 6.36. The van der Waals surface area contributed by atoms with E-state index in [1.165, 1.54) is 5.56 Å². The number of hydrogen-bond acceptors (Lipinski definition) is 4. The van der Waals surface area contributed by atoms with Gasteiger partial charge in [0.2, 0.25) is 5.95 Å². The zero-order chi connectivity index (χ0) is 24.6. The van der Waals surface area contributed by atoms with Crippen molar-refractivity contribution in [2.45, 2.75) is 19.4 Å². The van der Waals surface area contributed by atoms with Crippen LogP contribution in [0.2, 0.25) is 10.0 Å². The van der Waals surface area contributed by atoms with Gasteiger partial charge in [-0.2, -0.15) is 5.10 Å². The van der Waals surface area contributed by atoms with E-state index in [1.807, 2.05) is 77.8 Å². The van der Waals surface area contributed by atoms with E-state index in [0.29, 0.717) is 16.0 Å². The third-order valence-electron chi connectivity index (χ3n) is 6.45. The Balaban J connectivity index is 1.53. The second kappa shape index (κ2) is 9.38. The summed E-state index contributed by atoms with van der Waals surface area (Å²) in [6, 6.07) is 32.2. The zero-order valence-corrected chi connectivity index (χ0v) is 21.1. The van der Waals surface area contributed by atoms with Gasteiger partial charge in [0.15, 0.2) is 0 Å². The minimum absolute atomic E-state index is 0.0630. The highest BCUT2D eigenvalue weighted by Gasteiger charge is 2.32. The molecule has 0 unspecified atom stereocenters. The Morgan fingerprint density at radius 1 is 0.750 bits per heavy atom. The van der Waals surface area contributed by atoms with Crippen molar-refractivity contribution >= 4 is 45.8 Å². The molecule has 0 fully saturated rings. The zero-order valence-electron chi connectivity index (χ0n) is 19.6. The van der Waals surface area contributed by atoms with Gasteiger partial charge in [0.25, 0.3) is 0 Å². The van der Waals surface area contributed by atoms with Gasteiger partial charge in [-0.15, -0.1) is 0 Å². The summed E-state index contributed by atoms with van der Waals surface area (Å²) in [6.07, 6.45) is 0.730. The smallest absolute Gasteiger partial charge is 0.223 e. The van der Waals surface area contributed by atoms with Crippen LogP contribution in [0, 0.1) is 6.92 Å². The van der Waals surface area contributed by atoms with E-state index < -0.39 is 0 Å². The summed E-state index contributed by atoms with van der Waals surface area (Å²) in [5.74, 6) is 0.547. The van der Waals surface area contributed by atoms with Gasteiger partial charge in [0, 0.05) is 27.4 Å². The summed E-state index contributed by atoms with van der Waals surface area (Å²) < 4.78 is 0. The van der Waals surface area contributed by atoms with Crippen LogP contribution in [0.25, 0.3) is 22.2 Å². The fourth-order valence-electron chi connectivity index (χ4n) is 4.57. The van der Waals surface area contributed by atoms with E-state index in [9.17, 15) is 0 Å². The first-order valence-corrected chi connectivity index (χ1v) is 12.5. The lowest BCUT2D eigenvalue weighted by Crippen LogP contribution is -2.21. The molecule has 0 saturated carbocycles. The van der Waals surface area contributed by atoms with Gasteiger partial charge in [-0.1, -0.05) is 95.5 Å². The number of anilines is 1. The molecule has 0 amide bonds. The van der Waals surface area contributed by atoms with E-state index in [4.69, 9.17) is 38.3 Å². The molecule has 5 aromatic rings. The molecule has 0 saturated heterocycles. The lowest BCUT2D eigenvalue weighted by atomic mass is 9.98. The lowest BCUT2D eigenvalue weighted by molar-refractivity contribution is 0.689. The number of nitrogens with zero attached hydrogens (tertiary/aromatic N) is 4. The molecule has 0 bridgehead atoms. The molecular formula is C30H22Cl2N4. The van der Waals surface area contributed by atoms with E-state index >= 15 is 0 Å². The number of fused-ring (bicyclic) bond motifs is 1.